The summed E-state index contributed by atoms with van der Waals surface area (Å²) in [6, 6.07) is 70.3. The van der Waals surface area contributed by atoms with Crippen molar-refractivity contribution in [3.05, 3.63) is 200 Å². The minimum atomic E-state index is 0.609. The summed E-state index contributed by atoms with van der Waals surface area (Å²) >= 11 is 0. The highest BCUT2D eigenvalue weighted by molar-refractivity contribution is 6.35. The first-order valence-electron chi connectivity index (χ1n) is 21.6. The Morgan fingerprint density at radius 1 is 0.250 bits per heavy atom. The molecule has 5 heteroatoms. The van der Waals surface area contributed by atoms with E-state index in [1.165, 1.54) is 37.7 Å². The van der Waals surface area contributed by atoms with E-state index in [2.05, 4.69) is 200 Å². The maximum absolute atomic E-state index is 6.73. The van der Waals surface area contributed by atoms with Gasteiger partial charge >= 0.3 is 0 Å². The van der Waals surface area contributed by atoms with E-state index in [-0.39, 0.29) is 0 Å². The van der Waals surface area contributed by atoms with Gasteiger partial charge in [0.05, 0.1) is 0 Å². The lowest BCUT2D eigenvalue weighted by molar-refractivity contribution is 0.669. The van der Waals surface area contributed by atoms with E-state index in [0.29, 0.717) is 17.5 Å². The van der Waals surface area contributed by atoms with E-state index in [9.17, 15) is 0 Å². The summed E-state index contributed by atoms with van der Waals surface area (Å²) in [5, 5.41) is 13.9. The third-order valence-corrected chi connectivity index (χ3v) is 13.1. The van der Waals surface area contributed by atoms with Crippen LogP contribution in [0.1, 0.15) is 0 Å². The molecule has 0 aliphatic heterocycles. The summed E-state index contributed by atoms with van der Waals surface area (Å²) in [6.45, 7) is 0. The van der Waals surface area contributed by atoms with Gasteiger partial charge < -0.3 is 8.83 Å². The highest BCUT2D eigenvalue weighted by Crippen LogP contribution is 2.46. The number of rotatable bonds is 5. The van der Waals surface area contributed by atoms with Crippen LogP contribution in [0.4, 0.5) is 0 Å². The molecule has 14 aromatic rings. The molecule has 0 N–H and O–H groups in total. The van der Waals surface area contributed by atoms with Gasteiger partial charge in [0.2, 0.25) is 0 Å². The van der Waals surface area contributed by atoms with Crippen LogP contribution in [0.2, 0.25) is 0 Å². The quantitative estimate of drug-likeness (QED) is 0.162. The summed E-state index contributed by atoms with van der Waals surface area (Å²) in [6.07, 6.45) is 0. The second kappa shape index (κ2) is 13.4. The minimum Gasteiger partial charge on any atom is -0.456 e. The summed E-state index contributed by atoms with van der Waals surface area (Å²) in [5.74, 6) is 1.87. The first-order chi connectivity index (χ1) is 31.7. The molecule has 3 aromatic heterocycles. The van der Waals surface area contributed by atoms with Gasteiger partial charge in [-0.3, -0.25) is 0 Å². The van der Waals surface area contributed by atoms with E-state index in [1.807, 2.05) is 0 Å². The van der Waals surface area contributed by atoms with Gasteiger partial charge in [-0.25, -0.2) is 15.0 Å². The average Bonchev–Trinajstić information content (AvgIpc) is 3.94. The highest BCUT2D eigenvalue weighted by atomic mass is 16.3. The number of hydrogen-bond acceptors (Lipinski definition) is 5. The maximum atomic E-state index is 6.73. The standard InChI is InChI=1S/C59H33N3O2/c1-2-13-36-31-40(28-27-34(36)11-1)58-60-57(61-59(62-58)46-22-6-14-35-12-3-4-17-41(35)46)39-16-5-15-37(32-39)43-19-8-24-49-54(43)47-30-29-38(33-52(47)64-49)42-18-7-20-44-45-21-9-25-50-55(45)56-48(53(42)44)23-10-26-51(56)63-50/h1-33H. The van der Waals surface area contributed by atoms with Crippen LogP contribution in [0.3, 0.4) is 0 Å². The molecule has 0 radical (unpaired) electrons. The van der Waals surface area contributed by atoms with E-state index in [4.69, 9.17) is 23.8 Å². The lowest BCUT2D eigenvalue weighted by atomic mass is 9.89. The molecule has 0 aliphatic rings. The zero-order valence-electron chi connectivity index (χ0n) is 34.2. The highest BCUT2D eigenvalue weighted by Gasteiger charge is 2.21. The molecule has 5 nitrogen and oxygen atoms in total. The van der Waals surface area contributed by atoms with Crippen molar-refractivity contribution < 1.29 is 8.83 Å². The number of fused-ring (bicyclic) bond motifs is 8. The van der Waals surface area contributed by atoms with Gasteiger partial charge in [0.25, 0.3) is 0 Å². The topological polar surface area (TPSA) is 65.0 Å². The first-order valence-corrected chi connectivity index (χ1v) is 21.6. The third kappa shape index (κ3) is 5.22. The largest absolute Gasteiger partial charge is 0.456 e. The van der Waals surface area contributed by atoms with Crippen molar-refractivity contribution in [2.75, 3.05) is 0 Å². The third-order valence-electron chi connectivity index (χ3n) is 13.1. The Kier molecular flexibility index (Phi) is 7.33. The zero-order chi connectivity index (χ0) is 41.9. The Morgan fingerprint density at radius 3 is 1.61 bits per heavy atom. The van der Waals surface area contributed by atoms with Crippen LogP contribution in [0.25, 0.3) is 143 Å². The van der Waals surface area contributed by atoms with Gasteiger partial charge in [-0.2, -0.15) is 0 Å². The Morgan fingerprint density at radius 2 is 0.766 bits per heavy atom. The van der Waals surface area contributed by atoms with Crippen LogP contribution in [0, 0.1) is 0 Å². The molecule has 0 aliphatic carbocycles. The van der Waals surface area contributed by atoms with Crippen molar-refractivity contribution in [1.82, 2.24) is 15.0 Å². The molecule has 0 fully saturated rings. The van der Waals surface area contributed by atoms with Gasteiger partial charge in [-0.05, 0) is 108 Å². The van der Waals surface area contributed by atoms with Gasteiger partial charge in [0.15, 0.2) is 17.5 Å². The fraction of sp³-hybridized carbons (Fsp3) is 0. The first kappa shape index (κ1) is 35.0. The van der Waals surface area contributed by atoms with Crippen LogP contribution in [0.5, 0.6) is 0 Å². The average molecular weight is 816 g/mol. The molecule has 0 bridgehead atoms. The van der Waals surface area contributed by atoms with Crippen molar-refractivity contribution in [2.45, 2.75) is 0 Å². The number of furan rings is 2. The lowest BCUT2D eigenvalue weighted by Gasteiger charge is -2.13. The number of hydrogen-bond donors (Lipinski definition) is 0. The van der Waals surface area contributed by atoms with Gasteiger partial charge in [-0.15, -0.1) is 0 Å². The van der Waals surface area contributed by atoms with Crippen LogP contribution in [-0.2, 0) is 0 Å². The van der Waals surface area contributed by atoms with Crippen molar-refractivity contribution in [2.24, 2.45) is 0 Å². The minimum absolute atomic E-state index is 0.609. The van der Waals surface area contributed by atoms with E-state index in [1.54, 1.807) is 0 Å². The van der Waals surface area contributed by atoms with E-state index in [0.717, 1.165) is 88.2 Å². The summed E-state index contributed by atoms with van der Waals surface area (Å²) < 4.78 is 13.1. The van der Waals surface area contributed by atoms with Crippen LogP contribution in [0.15, 0.2) is 209 Å². The van der Waals surface area contributed by atoms with Crippen molar-refractivity contribution in [3.8, 4) is 56.4 Å². The predicted molar refractivity (Wildman–Crippen MR) is 263 cm³/mol. The summed E-state index contributed by atoms with van der Waals surface area (Å²) in [4.78, 5) is 15.5. The monoisotopic (exact) mass is 815 g/mol. The fourth-order valence-electron chi connectivity index (χ4n) is 10.2. The Balaban J connectivity index is 0.917. The molecule has 0 unspecified atom stereocenters. The van der Waals surface area contributed by atoms with E-state index >= 15 is 0 Å². The molecule has 0 atom stereocenters. The molecule has 0 amide bonds. The van der Waals surface area contributed by atoms with Gasteiger partial charge in [0, 0.05) is 38.2 Å². The number of aromatic nitrogens is 3. The SMILES string of the molecule is c1cc(-c2nc(-c3ccc4ccccc4c3)nc(-c3cccc4ccccc34)n2)cc(-c2cccc3oc4cc(-c5cccc6c7cccc8oc9cccc(c56)c9c87)ccc4c23)c1. The van der Waals surface area contributed by atoms with E-state index < -0.39 is 0 Å². The zero-order valence-corrected chi connectivity index (χ0v) is 34.2. The smallest absolute Gasteiger partial charge is 0.164 e. The number of nitrogens with zero attached hydrogens (tertiary/aromatic N) is 3. The molecule has 296 valence electrons. The normalized spacial score (nSPS) is 12.1. The molecule has 0 saturated heterocycles. The molecular formula is C59H33N3O2. The molecule has 64 heavy (non-hydrogen) atoms. The molecule has 14 rings (SSSR count). The van der Waals surface area contributed by atoms with Gasteiger partial charge in [-0.1, -0.05) is 158 Å². The van der Waals surface area contributed by atoms with Crippen LogP contribution in [-0.4, -0.2) is 15.0 Å². The summed E-state index contributed by atoms with van der Waals surface area (Å²) in [5.41, 5.74) is 10.7. The Labute approximate surface area is 365 Å². The maximum Gasteiger partial charge on any atom is 0.164 e. The summed E-state index contributed by atoms with van der Waals surface area (Å²) in [7, 11) is 0. The molecule has 0 spiro atoms. The number of benzene rings is 11. The second-order valence-corrected chi connectivity index (χ2v) is 16.7. The lowest BCUT2D eigenvalue weighted by Crippen LogP contribution is -2.00. The molecular weight excluding hydrogens is 783 g/mol. The Bertz CT molecular complexity index is 4210. The molecule has 11 aromatic carbocycles. The van der Waals surface area contributed by atoms with Gasteiger partial charge in [0.1, 0.15) is 22.3 Å². The predicted octanol–water partition coefficient (Wildman–Crippen LogP) is 16.1. The molecule has 3 heterocycles. The van der Waals surface area contributed by atoms with Crippen molar-refractivity contribution in [1.29, 1.82) is 0 Å². The van der Waals surface area contributed by atoms with Crippen molar-refractivity contribution >= 4 is 87.0 Å². The molecule has 0 saturated carbocycles. The second-order valence-electron chi connectivity index (χ2n) is 16.7. The fourth-order valence-corrected chi connectivity index (χ4v) is 10.2. The van der Waals surface area contributed by atoms with Crippen LogP contribution < -0.4 is 0 Å². The Hall–Kier alpha value is -8.67. The van der Waals surface area contributed by atoms with Crippen LogP contribution >= 0.6 is 0 Å². The van der Waals surface area contributed by atoms with Crippen molar-refractivity contribution in [3.63, 3.8) is 0 Å².